The summed E-state index contributed by atoms with van der Waals surface area (Å²) in [6, 6.07) is 0. The quantitative estimate of drug-likeness (QED) is 0.387. The fourth-order valence-corrected chi connectivity index (χ4v) is 1.37. The zero-order chi connectivity index (χ0) is 11.4. The van der Waals surface area contributed by atoms with Gasteiger partial charge in [-0.05, 0) is 32.6 Å². The van der Waals surface area contributed by atoms with Crippen molar-refractivity contribution in [2.45, 2.75) is 51.9 Å². The number of rotatable bonds is 11. The number of ether oxygens (including phenoxy) is 1. The molecule has 0 heterocycles. The molecule has 88 valence electrons. The van der Waals surface area contributed by atoms with Gasteiger partial charge in [0, 0.05) is 19.6 Å². The van der Waals surface area contributed by atoms with Crippen LogP contribution in [0.3, 0.4) is 0 Å². The molecule has 0 spiro atoms. The highest BCUT2D eigenvalue weighted by molar-refractivity contribution is 5.75. The number of Topliss-reactive ketones (excluding diaryl/α,β-unsaturated/α-hetero) is 1. The largest absolute Gasteiger partial charge is 0.381 e. The molecule has 0 aliphatic carbocycles. The lowest BCUT2D eigenvalue weighted by Crippen LogP contribution is -1.99. The fourth-order valence-electron chi connectivity index (χ4n) is 1.37. The van der Waals surface area contributed by atoms with Crippen LogP contribution in [0.5, 0.6) is 0 Å². The second kappa shape index (κ2) is 11.4. The van der Waals surface area contributed by atoms with Gasteiger partial charge in [-0.3, -0.25) is 0 Å². The molecule has 2 heteroatoms. The van der Waals surface area contributed by atoms with Crippen LogP contribution in [0.15, 0.2) is 12.7 Å². The van der Waals surface area contributed by atoms with E-state index < -0.39 is 0 Å². The molecule has 0 aliphatic rings. The minimum atomic E-state index is 0.253. The number of carbonyl (C=O) groups excluding carboxylic acids is 1. The van der Waals surface area contributed by atoms with E-state index in [-0.39, 0.29) is 5.78 Å². The maximum atomic E-state index is 10.6. The standard InChI is InChI=1S/C13H24O2/c1-3-4-5-6-7-8-11-15-12-9-10-13(2)14/h3H,1,4-12H2,2H3. The first-order valence-electron chi connectivity index (χ1n) is 5.95. The Balaban J connectivity index is 2.92. The number of hydrogen-bond acceptors (Lipinski definition) is 2. The number of ketones is 1. The zero-order valence-corrected chi connectivity index (χ0v) is 9.96. The molecule has 0 fully saturated rings. The Morgan fingerprint density at radius 2 is 1.80 bits per heavy atom. The average Bonchev–Trinajstić information content (AvgIpc) is 2.20. The Hall–Kier alpha value is -0.630. The monoisotopic (exact) mass is 212 g/mol. The van der Waals surface area contributed by atoms with Crippen LogP contribution in [0.2, 0.25) is 0 Å². The van der Waals surface area contributed by atoms with Crippen molar-refractivity contribution < 1.29 is 9.53 Å². The summed E-state index contributed by atoms with van der Waals surface area (Å²) >= 11 is 0. The lowest BCUT2D eigenvalue weighted by molar-refractivity contribution is -0.117. The van der Waals surface area contributed by atoms with Gasteiger partial charge in [0.05, 0.1) is 0 Å². The van der Waals surface area contributed by atoms with Gasteiger partial charge in [-0.25, -0.2) is 0 Å². The molecule has 2 nitrogen and oxygen atoms in total. The van der Waals surface area contributed by atoms with Crippen LogP contribution in [0.4, 0.5) is 0 Å². The van der Waals surface area contributed by atoms with Gasteiger partial charge in [-0.1, -0.05) is 18.9 Å². The van der Waals surface area contributed by atoms with Crippen LogP contribution in [-0.4, -0.2) is 19.0 Å². The highest BCUT2D eigenvalue weighted by atomic mass is 16.5. The van der Waals surface area contributed by atoms with Gasteiger partial charge in [0.1, 0.15) is 5.78 Å². The smallest absolute Gasteiger partial charge is 0.129 e. The second-order valence-electron chi connectivity index (χ2n) is 3.91. The molecule has 0 radical (unpaired) electrons. The van der Waals surface area contributed by atoms with Crippen molar-refractivity contribution in [1.29, 1.82) is 0 Å². The molecule has 0 aliphatic heterocycles. The van der Waals surface area contributed by atoms with E-state index in [0.717, 1.165) is 32.5 Å². The summed E-state index contributed by atoms with van der Waals surface area (Å²) < 4.78 is 5.42. The molecule has 0 aromatic carbocycles. The molecule has 0 atom stereocenters. The Labute approximate surface area is 93.7 Å². The summed E-state index contributed by atoms with van der Waals surface area (Å²) in [6.45, 7) is 6.88. The number of carbonyl (C=O) groups is 1. The molecule has 0 aromatic rings. The van der Waals surface area contributed by atoms with Crippen molar-refractivity contribution >= 4 is 5.78 Å². The topological polar surface area (TPSA) is 26.3 Å². The van der Waals surface area contributed by atoms with Gasteiger partial charge in [-0.2, -0.15) is 0 Å². The van der Waals surface area contributed by atoms with E-state index >= 15 is 0 Å². The van der Waals surface area contributed by atoms with Crippen LogP contribution < -0.4 is 0 Å². The first kappa shape index (κ1) is 14.4. The zero-order valence-electron chi connectivity index (χ0n) is 9.96. The van der Waals surface area contributed by atoms with Crippen molar-refractivity contribution in [2.75, 3.05) is 13.2 Å². The summed E-state index contributed by atoms with van der Waals surface area (Å²) in [5.41, 5.74) is 0. The Morgan fingerprint density at radius 3 is 2.47 bits per heavy atom. The molecule has 0 aromatic heterocycles. The number of hydrogen-bond donors (Lipinski definition) is 0. The van der Waals surface area contributed by atoms with Crippen LogP contribution in [-0.2, 0) is 9.53 Å². The molecule has 0 bridgehead atoms. The van der Waals surface area contributed by atoms with Crippen LogP contribution in [0, 0.1) is 0 Å². The Bertz CT molecular complexity index is 164. The lowest BCUT2D eigenvalue weighted by Gasteiger charge is -2.03. The van der Waals surface area contributed by atoms with Gasteiger partial charge in [0.2, 0.25) is 0 Å². The van der Waals surface area contributed by atoms with E-state index in [9.17, 15) is 4.79 Å². The minimum Gasteiger partial charge on any atom is -0.381 e. The predicted octanol–water partition coefficient (Wildman–Crippen LogP) is 3.51. The third-order valence-corrected chi connectivity index (χ3v) is 2.26. The SMILES string of the molecule is C=CCCCCCCOCCCC(C)=O. The molecule has 0 rings (SSSR count). The molecule has 0 amide bonds. The van der Waals surface area contributed by atoms with Crippen LogP contribution in [0.1, 0.15) is 51.9 Å². The van der Waals surface area contributed by atoms with Gasteiger partial charge < -0.3 is 9.53 Å². The third kappa shape index (κ3) is 13.4. The van der Waals surface area contributed by atoms with Crippen molar-refractivity contribution in [3.63, 3.8) is 0 Å². The molecular formula is C13H24O2. The van der Waals surface area contributed by atoms with Crippen LogP contribution in [0.25, 0.3) is 0 Å². The highest BCUT2D eigenvalue weighted by Gasteiger charge is 1.94. The van der Waals surface area contributed by atoms with Crippen molar-refractivity contribution in [3.8, 4) is 0 Å². The minimum absolute atomic E-state index is 0.253. The molecule has 15 heavy (non-hydrogen) atoms. The van der Waals surface area contributed by atoms with Gasteiger partial charge >= 0.3 is 0 Å². The summed E-state index contributed by atoms with van der Waals surface area (Å²) in [5.74, 6) is 0.253. The molecule has 0 saturated carbocycles. The number of allylic oxidation sites excluding steroid dienone is 1. The van der Waals surface area contributed by atoms with Crippen molar-refractivity contribution in [3.05, 3.63) is 12.7 Å². The third-order valence-electron chi connectivity index (χ3n) is 2.26. The fraction of sp³-hybridized carbons (Fsp3) is 0.769. The van der Waals surface area contributed by atoms with Crippen molar-refractivity contribution in [2.24, 2.45) is 0 Å². The normalized spacial score (nSPS) is 10.2. The van der Waals surface area contributed by atoms with E-state index in [1.807, 2.05) is 6.08 Å². The van der Waals surface area contributed by atoms with Crippen LogP contribution >= 0.6 is 0 Å². The molecular weight excluding hydrogens is 188 g/mol. The summed E-state index contributed by atoms with van der Waals surface area (Å²) in [5, 5.41) is 0. The van der Waals surface area contributed by atoms with Gasteiger partial charge in [-0.15, -0.1) is 6.58 Å². The van der Waals surface area contributed by atoms with E-state index in [2.05, 4.69) is 6.58 Å². The second-order valence-corrected chi connectivity index (χ2v) is 3.91. The first-order valence-corrected chi connectivity index (χ1v) is 5.95. The summed E-state index contributed by atoms with van der Waals surface area (Å²) in [7, 11) is 0. The Kier molecular flexibility index (Phi) is 11.0. The van der Waals surface area contributed by atoms with E-state index in [4.69, 9.17) is 4.74 Å². The summed E-state index contributed by atoms with van der Waals surface area (Å²) in [6.07, 6.45) is 9.50. The van der Waals surface area contributed by atoms with Gasteiger partial charge in [0.15, 0.2) is 0 Å². The predicted molar refractivity (Wildman–Crippen MR) is 64.0 cm³/mol. The van der Waals surface area contributed by atoms with E-state index in [1.165, 1.54) is 19.3 Å². The maximum Gasteiger partial charge on any atom is 0.129 e. The maximum absolute atomic E-state index is 10.6. The molecule has 0 saturated heterocycles. The Morgan fingerprint density at radius 1 is 1.13 bits per heavy atom. The van der Waals surface area contributed by atoms with E-state index in [1.54, 1.807) is 6.92 Å². The van der Waals surface area contributed by atoms with Gasteiger partial charge in [0.25, 0.3) is 0 Å². The summed E-state index contributed by atoms with van der Waals surface area (Å²) in [4.78, 5) is 10.6. The molecule has 0 unspecified atom stereocenters. The average molecular weight is 212 g/mol. The van der Waals surface area contributed by atoms with E-state index in [0.29, 0.717) is 6.42 Å². The lowest BCUT2D eigenvalue weighted by atomic mass is 10.1. The highest BCUT2D eigenvalue weighted by Crippen LogP contribution is 2.03. The first-order chi connectivity index (χ1) is 7.27. The van der Waals surface area contributed by atoms with Crippen molar-refractivity contribution in [1.82, 2.24) is 0 Å². The number of unbranched alkanes of at least 4 members (excludes halogenated alkanes) is 4. The molecule has 0 N–H and O–H groups in total.